The molecule has 150 valence electrons. The van der Waals surface area contributed by atoms with Crippen molar-refractivity contribution in [3.63, 3.8) is 0 Å². The minimum atomic E-state index is -0.287. The number of likely N-dealkylation sites (tertiary alicyclic amines) is 1. The largest absolute Gasteiger partial charge is 0.331 e. The number of aryl methyl sites for hydroxylation is 2. The molecule has 2 aromatic heterocycles. The van der Waals surface area contributed by atoms with Crippen molar-refractivity contribution in [3.8, 4) is 0 Å². The van der Waals surface area contributed by atoms with Crippen LogP contribution < -0.4 is 5.32 Å². The van der Waals surface area contributed by atoms with Crippen molar-refractivity contribution < 1.29 is 9.59 Å². The van der Waals surface area contributed by atoms with Gasteiger partial charge in [0.05, 0.1) is 32.7 Å². The second kappa shape index (κ2) is 8.00. The van der Waals surface area contributed by atoms with Gasteiger partial charge in [-0.2, -0.15) is 5.10 Å². The Morgan fingerprint density at radius 3 is 2.83 bits per heavy atom. The van der Waals surface area contributed by atoms with Crippen LogP contribution in [0.2, 0.25) is 5.02 Å². The molecule has 0 radical (unpaired) electrons. The van der Waals surface area contributed by atoms with Gasteiger partial charge in [-0.15, -0.1) is 11.3 Å². The first kappa shape index (κ1) is 19.7. The average Bonchev–Trinajstić information content (AvgIpc) is 3.41. The molecule has 0 saturated carbocycles. The molecule has 8 heteroatoms. The van der Waals surface area contributed by atoms with Gasteiger partial charge in [0, 0.05) is 25.4 Å². The lowest BCUT2D eigenvalue weighted by molar-refractivity contribution is 0.0739. The van der Waals surface area contributed by atoms with E-state index in [2.05, 4.69) is 10.4 Å². The minimum Gasteiger partial charge on any atom is -0.331 e. The Labute approximate surface area is 178 Å². The SMILES string of the molecule is Cc1cc(NC(=O)c2ccccc2Cl)sc1C(=O)N1CCCC1c1cnn(C)c1. The van der Waals surface area contributed by atoms with Gasteiger partial charge in [0.25, 0.3) is 11.8 Å². The zero-order chi connectivity index (χ0) is 20.5. The number of aromatic nitrogens is 2. The molecule has 1 aliphatic heterocycles. The van der Waals surface area contributed by atoms with E-state index in [1.807, 2.05) is 37.3 Å². The molecular formula is C21H21ClN4O2S. The number of halogens is 1. The Morgan fingerprint density at radius 2 is 2.10 bits per heavy atom. The van der Waals surface area contributed by atoms with E-state index in [1.165, 1.54) is 11.3 Å². The molecule has 4 rings (SSSR count). The van der Waals surface area contributed by atoms with Crippen molar-refractivity contribution in [1.82, 2.24) is 14.7 Å². The Kier molecular flexibility index (Phi) is 5.43. The van der Waals surface area contributed by atoms with Crippen molar-refractivity contribution in [1.29, 1.82) is 0 Å². The third kappa shape index (κ3) is 3.93. The zero-order valence-electron chi connectivity index (χ0n) is 16.2. The molecule has 0 bridgehead atoms. The van der Waals surface area contributed by atoms with Crippen LogP contribution in [0.15, 0.2) is 42.7 Å². The number of rotatable bonds is 4. The highest BCUT2D eigenvalue weighted by atomic mass is 35.5. The number of hydrogen-bond donors (Lipinski definition) is 1. The van der Waals surface area contributed by atoms with Gasteiger partial charge in [-0.25, -0.2) is 0 Å². The summed E-state index contributed by atoms with van der Waals surface area (Å²) in [5.41, 5.74) is 2.32. The molecule has 1 N–H and O–H groups in total. The van der Waals surface area contributed by atoms with Gasteiger partial charge in [-0.1, -0.05) is 23.7 Å². The number of benzene rings is 1. The number of hydrogen-bond acceptors (Lipinski definition) is 4. The Hall–Kier alpha value is -2.64. The summed E-state index contributed by atoms with van der Waals surface area (Å²) >= 11 is 7.41. The molecule has 6 nitrogen and oxygen atoms in total. The molecule has 1 fully saturated rings. The highest BCUT2D eigenvalue weighted by molar-refractivity contribution is 7.18. The second-order valence-electron chi connectivity index (χ2n) is 7.16. The fourth-order valence-electron chi connectivity index (χ4n) is 3.68. The lowest BCUT2D eigenvalue weighted by Gasteiger charge is -2.23. The quantitative estimate of drug-likeness (QED) is 0.656. The van der Waals surface area contributed by atoms with Gasteiger partial charge in [0.1, 0.15) is 0 Å². The Bertz CT molecular complexity index is 1070. The summed E-state index contributed by atoms with van der Waals surface area (Å²) in [6.45, 7) is 2.61. The number of nitrogens with zero attached hydrogens (tertiary/aromatic N) is 3. The molecule has 0 aliphatic carbocycles. The van der Waals surface area contributed by atoms with E-state index >= 15 is 0 Å². The molecule has 3 aromatic rings. The summed E-state index contributed by atoms with van der Waals surface area (Å²) in [5, 5.41) is 8.13. The number of nitrogens with one attached hydrogen (secondary N) is 1. The lowest BCUT2D eigenvalue weighted by atomic mass is 10.1. The van der Waals surface area contributed by atoms with Gasteiger partial charge in [-0.05, 0) is 43.5 Å². The predicted molar refractivity (Wildman–Crippen MR) is 115 cm³/mol. The smallest absolute Gasteiger partial charge is 0.264 e. The van der Waals surface area contributed by atoms with Crippen LogP contribution in [0.5, 0.6) is 0 Å². The summed E-state index contributed by atoms with van der Waals surface area (Å²) < 4.78 is 1.76. The fraction of sp³-hybridized carbons (Fsp3) is 0.286. The van der Waals surface area contributed by atoms with Crippen molar-refractivity contribution >= 4 is 39.8 Å². The molecule has 29 heavy (non-hydrogen) atoms. The first-order valence-corrected chi connectivity index (χ1v) is 10.6. The van der Waals surface area contributed by atoms with Crippen LogP contribution in [-0.4, -0.2) is 33.0 Å². The summed E-state index contributed by atoms with van der Waals surface area (Å²) in [6.07, 6.45) is 5.68. The second-order valence-corrected chi connectivity index (χ2v) is 8.62. The third-order valence-electron chi connectivity index (χ3n) is 5.09. The highest BCUT2D eigenvalue weighted by Gasteiger charge is 2.33. The Morgan fingerprint density at radius 1 is 1.31 bits per heavy atom. The van der Waals surface area contributed by atoms with Gasteiger partial charge in [0.15, 0.2) is 0 Å². The third-order valence-corrected chi connectivity index (χ3v) is 6.56. The van der Waals surface area contributed by atoms with E-state index in [-0.39, 0.29) is 17.9 Å². The molecule has 1 aromatic carbocycles. The van der Waals surface area contributed by atoms with E-state index in [0.29, 0.717) is 20.5 Å². The van der Waals surface area contributed by atoms with Crippen LogP contribution in [0, 0.1) is 6.92 Å². The van der Waals surface area contributed by atoms with Crippen molar-refractivity contribution in [2.45, 2.75) is 25.8 Å². The molecule has 1 unspecified atom stereocenters. The average molecular weight is 429 g/mol. The number of carbonyl (C=O) groups excluding carboxylic acids is 2. The normalized spacial score (nSPS) is 16.2. The van der Waals surface area contributed by atoms with E-state index in [0.717, 1.165) is 30.5 Å². The van der Waals surface area contributed by atoms with Crippen LogP contribution in [0.4, 0.5) is 5.00 Å². The summed E-state index contributed by atoms with van der Waals surface area (Å²) in [7, 11) is 1.88. The van der Waals surface area contributed by atoms with Crippen LogP contribution in [-0.2, 0) is 7.05 Å². The maximum Gasteiger partial charge on any atom is 0.264 e. The van der Waals surface area contributed by atoms with Gasteiger partial charge in [0.2, 0.25) is 0 Å². The standard InChI is InChI=1S/C21H21ClN4O2S/c1-13-10-18(24-20(27)15-6-3-4-7-16(15)22)29-19(13)21(28)26-9-5-8-17(26)14-11-23-25(2)12-14/h3-4,6-7,10-12,17H,5,8-9H2,1-2H3,(H,24,27). The van der Waals surface area contributed by atoms with Crippen molar-refractivity contribution in [2.75, 3.05) is 11.9 Å². The Balaban J connectivity index is 1.53. The molecular weight excluding hydrogens is 408 g/mol. The number of carbonyl (C=O) groups is 2. The molecule has 0 spiro atoms. The number of thiophene rings is 1. The van der Waals surface area contributed by atoms with Crippen LogP contribution in [0.3, 0.4) is 0 Å². The number of anilines is 1. The molecule has 3 heterocycles. The lowest BCUT2D eigenvalue weighted by Crippen LogP contribution is -2.30. The van der Waals surface area contributed by atoms with E-state index in [9.17, 15) is 9.59 Å². The molecule has 1 aliphatic rings. The predicted octanol–water partition coefficient (Wildman–Crippen LogP) is 4.67. The van der Waals surface area contributed by atoms with E-state index in [4.69, 9.17) is 11.6 Å². The topological polar surface area (TPSA) is 67.2 Å². The minimum absolute atomic E-state index is 0.00269. The van der Waals surface area contributed by atoms with Crippen LogP contribution >= 0.6 is 22.9 Å². The van der Waals surface area contributed by atoms with Gasteiger partial charge >= 0.3 is 0 Å². The first-order chi connectivity index (χ1) is 13.9. The van der Waals surface area contributed by atoms with E-state index in [1.54, 1.807) is 28.9 Å². The van der Waals surface area contributed by atoms with Gasteiger partial charge < -0.3 is 10.2 Å². The molecule has 1 atom stereocenters. The zero-order valence-corrected chi connectivity index (χ0v) is 17.8. The van der Waals surface area contributed by atoms with Crippen molar-refractivity contribution in [3.05, 3.63) is 69.3 Å². The first-order valence-electron chi connectivity index (χ1n) is 9.40. The molecule has 1 saturated heterocycles. The summed E-state index contributed by atoms with van der Waals surface area (Å²) in [4.78, 5) is 28.3. The molecule has 2 amide bonds. The monoisotopic (exact) mass is 428 g/mol. The van der Waals surface area contributed by atoms with Crippen LogP contribution in [0.1, 0.15) is 50.0 Å². The maximum absolute atomic E-state index is 13.3. The van der Waals surface area contributed by atoms with E-state index < -0.39 is 0 Å². The van der Waals surface area contributed by atoms with Gasteiger partial charge in [-0.3, -0.25) is 14.3 Å². The number of amides is 2. The van der Waals surface area contributed by atoms with Crippen LogP contribution in [0.25, 0.3) is 0 Å². The fourth-order valence-corrected chi connectivity index (χ4v) is 4.92. The van der Waals surface area contributed by atoms with Crippen molar-refractivity contribution in [2.24, 2.45) is 7.05 Å². The highest BCUT2D eigenvalue weighted by Crippen LogP contribution is 2.36. The summed E-state index contributed by atoms with van der Waals surface area (Å²) in [5.74, 6) is -0.289. The maximum atomic E-state index is 13.3. The summed E-state index contributed by atoms with van der Waals surface area (Å²) in [6, 6.07) is 8.77.